The van der Waals surface area contributed by atoms with Gasteiger partial charge in [0.05, 0.1) is 13.7 Å². The van der Waals surface area contributed by atoms with Crippen LogP contribution in [0.4, 0.5) is 0 Å². The van der Waals surface area contributed by atoms with Crippen molar-refractivity contribution in [1.82, 2.24) is 5.32 Å². The Morgan fingerprint density at radius 3 is 2.58 bits per heavy atom. The van der Waals surface area contributed by atoms with Gasteiger partial charge >= 0.3 is 0 Å². The quantitative estimate of drug-likeness (QED) is 0.775. The smallest absolute Gasteiger partial charge is 0.127 e. The Morgan fingerprint density at radius 2 is 2.00 bits per heavy atom. The van der Waals surface area contributed by atoms with E-state index >= 15 is 0 Å². The van der Waals surface area contributed by atoms with Gasteiger partial charge in [-0.3, -0.25) is 0 Å². The maximum absolute atomic E-state index is 6.00. The molecule has 0 fully saturated rings. The number of rotatable bonds is 8. The molecule has 2 atom stereocenters. The van der Waals surface area contributed by atoms with E-state index in [1.54, 1.807) is 7.11 Å². The SMILES string of the molecule is CCCC(C)COc1cc(OC)ccc1C(C)NC. The molecule has 0 spiro atoms. The fourth-order valence-corrected chi connectivity index (χ4v) is 2.09. The van der Waals surface area contributed by atoms with Crippen LogP contribution < -0.4 is 14.8 Å². The van der Waals surface area contributed by atoms with Gasteiger partial charge in [-0.25, -0.2) is 0 Å². The van der Waals surface area contributed by atoms with Crippen LogP contribution >= 0.6 is 0 Å². The van der Waals surface area contributed by atoms with Crippen LogP contribution in [-0.4, -0.2) is 20.8 Å². The summed E-state index contributed by atoms with van der Waals surface area (Å²) in [7, 11) is 3.64. The number of hydrogen-bond donors (Lipinski definition) is 1. The molecule has 0 heterocycles. The number of nitrogens with one attached hydrogen (secondary N) is 1. The van der Waals surface area contributed by atoms with Crippen LogP contribution in [0.1, 0.15) is 45.2 Å². The second-order valence-electron chi connectivity index (χ2n) is 5.12. The lowest BCUT2D eigenvalue weighted by Crippen LogP contribution is -2.15. The first kappa shape index (κ1) is 15.8. The van der Waals surface area contributed by atoms with Gasteiger partial charge in [0, 0.05) is 17.7 Å². The summed E-state index contributed by atoms with van der Waals surface area (Å²) >= 11 is 0. The molecule has 0 bridgehead atoms. The second-order valence-corrected chi connectivity index (χ2v) is 5.12. The van der Waals surface area contributed by atoms with Crippen molar-refractivity contribution in [3.05, 3.63) is 23.8 Å². The summed E-state index contributed by atoms with van der Waals surface area (Å²) in [6.45, 7) is 7.32. The summed E-state index contributed by atoms with van der Waals surface area (Å²) in [5, 5.41) is 3.25. The van der Waals surface area contributed by atoms with Gasteiger partial charge in [-0.2, -0.15) is 0 Å². The Balaban J connectivity index is 2.82. The zero-order valence-corrected chi connectivity index (χ0v) is 12.8. The molecule has 1 aromatic rings. The average molecular weight is 265 g/mol. The van der Waals surface area contributed by atoms with Crippen LogP contribution in [0.15, 0.2) is 18.2 Å². The lowest BCUT2D eigenvalue weighted by atomic mass is 10.1. The van der Waals surface area contributed by atoms with E-state index in [4.69, 9.17) is 9.47 Å². The Hall–Kier alpha value is -1.22. The van der Waals surface area contributed by atoms with E-state index in [-0.39, 0.29) is 6.04 Å². The average Bonchev–Trinajstić information content (AvgIpc) is 2.44. The first-order chi connectivity index (χ1) is 9.12. The van der Waals surface area contributed by atoms with Gasteiger partial charge in [-0.15, -0.1) is 0 Å². The summed E-state index contributed by atoms with van der Waals surface area (Å²) in [4.78, 5) is 0. The third-order valence-electron chi connectivity index (χ3n) is 3.43. The molecule has 0 aromatic heterocycles. The maximum atomic E-state index is 6.00. The number of hydrogen-bond acceptors (Lipinski definition) is 3. The molecule has 0 radical (unpaired) electrons. The molecule has 0 saturated carbocycles. The molecule has 0 aliphatic rings. The fraction of sp³-hybridized carbons (Fsp3) is 0.625. The van der Waals surface area contributed by atoms with Crippen molar-refractivity contribution in [1.29, 1.82) is 0 Å². The van der Waals surface area contributed by atoms with Crippen molar-refractivity contribution in [3.63, 3.8) is 0 Å². The third kappa shape index (κ3) is 4.75. The minimum atomic E-state index is 0.266. The highest BCUT2D eigenvalue weighted by atomic mass is 16.5. The summed E-state index contributed by atoms with van der Waals surface area (Å²) in [6, 6.07) is 6.29. The standard InChI is InChI=1S/C16H27NO2/c1-6-7-12(2)11-19-16-10-14(18-5)8-9-15(16)13(3)17-4/h8-10,12-13,17H,6-7,11H2,1-5H3. The fourth-order valence-electron chi connectivity index (χ4n) is 2.09. The topological polar surface area (TPSA) is 30.5 Å². The van der Waals surface area contributed by atoms with E-state index in [1.807, 2.05) is 19.2 Å². The maximum Gasteiger partial charge on any atom is 0.127 e. The van der Waals surface area contributed by atoms with Crippen molar-refractivity contribution >= 4 is 0 Å². The number of ether oxygens (including phenoxy) is 2. The Labute approximate surface area is 117 Å². The Bertz CT molecular complexity index is 379. The van der Waals surface area contributed by atoms with E-state index in [0.717, 1.165) is 18.1 Å². The van der Waals surface area contributed by atoms with E-state index in [9.17, 15) is 0 Å². The molecule has 19 heavy (non-hydrogen) atoms. The van der Waals surface area contributed by atoms with Crippen molar-refractivity contribution in [3.8, 4) is 11.5 Å². The molecule has 0 amide bonds. The van der Waals surface area contributed by atoms with Gasteiger partial charge in [0.25, 0.3) is 0 Å². The summed E-state index contributed by atoms with van der Waals surface area (Å²) in [5.74, 6) is 2.34. The van der Waals surface area contributed by atoms with E-state index < -0.39 is 0 Å². The number of benzene rings is 1. The molecule has 2 unspecified atom stereocenters. The van der Waals surface area contributed by atoms with Gasteiger partial charge in [0.1, 0.15) is 11.5 Å². The highest BCUT2D eigenvalue weighted by molar-refractivity contribution is 5.42. The predicted molar refractivity (Wildman–Crippen MR) is 80.0 cm³/mol. The first-order valence-electron chi connectivity index (χ1n) is 7.10. The van der Waals surface area contributed by atoms with Gasteiger partial charge < -0.3 is 14.8 Å². The molecule has 1 N–H and O–H groups in total. The molecule has 0 aliphatic carbocycles. The Morgan fingerprint density at radius 1 is 1.26 bits per heavy atom. The largest absolute Gasteiger partial charge is 0.497 e. The van der Waals surface area contributed by atoms with Crippen molar-refractivity contribution < 1.29 is 9.47 Å². The van der Waals surface area contributed by atoms with Crippen LogP contribution in [0, 0.1) is 5.92 Å². The molecule has 0 aliphatic heterocycles. The van der Waals surface area contributed by atoms with E-state index in [2.05, 4.69) is 32.2 Å². The van der Waals surface area contributed by atoms with Gasteiger partial charge in [-0.05, 0) is 32.4 Å². The molecule has 1 aromatic carbocycles. The van der Waals surface area contributed by atoms with E-state index in [1.165, 1.54) is 18.4 Å². The van der Waals surface area contributed by atoms with Crippen LogP contribution in [-0.2, 0) is 0 Å². The highest BCUT2D eigenvalue weighted by Gasteiger charge is 2.12. The van der Waals surface area contributed by atoms with Crippen LogP contribution in [0.25, 0.3) is 0 Å². The van der Waals surface area contributed by atoms with Crippen LogP contribution in [0.5, 0.6) is 11.5 Å². The predicted octanol–water partition coefficient (Wildman–Crippen LogP) is 3.79. The summed E-state index contributed by atoms with van der Waals surface area (Å²) in [5.41, 5.74) is 1.17. The third-order valence-corrected chi connectivity index (χ3v) is 3.43. The zero-order chi connectivity index (χ0) is 14.3. The monoisotopic (exact) mass is 265 g/mol. The van der Waals surface area contributed by atoms with Crippen molar-refractivity contribution in [2.45, 2.75) is 39.7 Å². The lowest BCUT2D eigenvalue weighted by molar-refractivity contribution is 0.247. The van der Waals surface area contributed by atoms with Gasteiger partial charge in [0.15, 0.2) is 0 Å². The summed E-state index contributed by atoms with van der Waals surface area (Å²) in [6.07, 6.45) is 2.39. The number of methoxy groups -OCH3 is 1. The molecular weight excluding hydrogens is 238 g/mol. The minimum absolute atomic E-state index is 0.266. The molecular formula is C16H27NO2. The summed E-state index contributed by atoms with van der Waals surface area (Å²) < 4.78 is 11.3. The lowest BCUT2D eigenvalue weighted by Gasteiger charge is -2.19. The second kappa shape index (κ2) is 8.05. The normalized spacial score (nSPS) is 13.9. The molecule has 108 valence electrons. The van der Waals surface area contributed by atoms with Gasteiger partial charge in [0.2, 0.25) is 0 Å². The van der Waals surface area contributed by atoms with Crippen LogP contribution in [0.3, 0.4) is 0 Å². The van der Waals surface area contributed by atoms with Crippen LogP contribution in [0.2, 0.25) is 0 Å². The zero-order valence-electron chi connectivity index (χ0n) is 12.8. The van der Waals surface area contributed by atoms with Crippen molar-refractivity contribution in [2.24, 2.45) is 5.92 Å². The molecule has 1 rings (SSSR count). The molecule has 0 saturated heterocycles. The minimum Gasteiger partial charge on any atom is -0.497 e. The molecule has 3 nitrogen and oxygen atoms in total. The van der Waals surface area contributed by atoms with E-state index in [0.29, 0.717) is 5.92 Å². The van der Waals surface area contributed by atoms with Crippen molar-refractivity contribution in [2.75, 3.05) is 20.8 Å². The highest BCUT2D eigenvalue weighted by Crippen LogP contribution is 2.30. The van der Waals surface area contributed by atoms with Gasteiger partial charge in [-0.1, -0.05) is 26.3 Å². The Kier molecular flexibility index (Phi) is 6.71. The molecule has 3 heteroatoms. The first-order valence-corrected chi connectivity index (χ1v) is 7.10.